The summed E-state index contributed by atoms with van der Waals surface area (Å²) < 4.78 is 0. The third kappa shape index (κ3) is 7.88. The number of hydrogen-bond donors (Lipinski definition) is 4. The van der Waals surface area contributed by atoms with Crippen LogP contribution in [0.15, 0.2) is 30.3 Å². The lowest BCUT2D eigenvalue weighted by Crippen LogP contribution is -2.61. The molecule has 3 aliphatic rings. The van der Waals surface area contributed by atoms with Gasteiger partial charge in [0.1, 0.15) is 12.1 Å². The van der Waals surface area contributed by atoms with Gasteiger partial charge in [-0.05, 0) is 62.2 Å². The molecule has 10 heteroatoms. The van der Waals surface area contributed by atoms with Crippen molar-refractivity contribution in [2.45, 2.75) is 78.6 Å². The van der Waals surface area contributed by atoms with Crippen molar-refractivity contribution in [2.75, 3.05) is 19.6 Å². The van der Waals surface area contributed by atoms with E-state index in [1.807, 2.05) is 20.8 Å². The lowest BCUT2D eigenvalue weighted by Gasteiger charge is -2.44. The molecular weight excluding hydrogens is 498 g/mol. The molecule has 4 amide bonds. The van der Waals surface area contributed by atoms with Gasteiger partial charge in [-0.15, -0.1) is 0 Å². The summed E-state index contributed by atoms with van der Waals surface area (Å²) in [6.07, 6.45) is 2.00. The number of nitrogens with zero attached hydrogens (tertiary/aromatic N) is 1. The first-order valence-corrected chi connectivity index (χ1v) is 13.8. The molecule has 1 unspecified atom stereocenters. The maximum absolute atomic E-state index is 13.2. The zero-order valence-electron chi connectivity index (χ0n) is 23.9. The second kappa shape index (κ2) is 12.7. The van der Waals surface area contributed by atoms with Gasteiger partial charge in [0.25, 0.3) is 11.8 Å². The van der Waals surface area contributed by atoms with Crippen LogP contribution in [0.1, 0.15) is 64.7 Å². The van der Waals surface area contributed by atoms with E-state index < -0.39 is 53.0 Å². The molecule has 214 valence electrons. The lowest BCUT2D eigenvalue weighted by atomic mass is 9.84. The molecule has 4 atom stereocenters. The maximum atomic E-state index is 13.2. The predicted octanol–water partition coefficient (Wildman–Crippen LogP) is 1.26. The predicted molar refractivity (Wildman–Crippen MR) is 148 cm³/mol. The van der Waals surface area contributed by atoms with Gasteiger partial charge < -0.3 is 26.2 Å². The summed E-state index contributed by atoms with van der Waals surface area (Å²) in [5.74, 6) is -2.88. The van der Waals surface area contributed by atoms with Crippen LogP contribution in [0.2, 0.25) is 0 Å². The highest BCUT2D eigenvalue weighted by Crippen LogP contribution is 2.27. The smallest absolute Gasteiger partial charge is 0.289 e. The van der Waals surface area contributed by atoms with Crippen molar-refractivity contribution >= 4 is 29.4 Å². The highest BCUT2D eigenvalue weighted by atomic mass is 16.2. The first kappa shape index (κ1) is 30.3. The minimum atomic E-state index is -1.03. The summed E-state index contributed by atoms with van der Waals surface area (Å²) >= 11 is 0. The van der Waals surface area contributed by atoms with Gasteiger partial charge in [-0.2, -0.15) is 0 Å². The van der Waals surface area contributed by atoms with Crippen molar-refractivity contribution in [1.29, 1.82) is 0 Å². The molecule has 3 aliphatic heterocycles. The van der Waals surface area contributed by atoms with Gasteiger partial charge in [-0.25, -0.2) is 0 Å². The van der Waals surface area contributed by atoms with E-state index in [-0.39, 0.29) is 12.0 Å². The minimum Gasteiger partial charge on any atom is -0.345 e. The van der Waals surface area contributed by atoms with Crippen LogP contribution in [0, 0.1) is 17.3 Å². The molecule has 4 N–H and O–H groups in total. The van der Waals surface area contributed by atoms with Gasteiger partial charge in [-0.3, -0.25) is 24.0 Å². The summed E-state index contributed by atoms with van der Waals surface area (Å²) in [4.78, 5) is 67.1. The van der Waals surface area contributed by atoms with Crippen LogP contribution in [0.4, 0.5) is 0 Å². The molecule has 3 saturated heterocycles. The second-order valence-corrected chi connectivity index (χ2v) is 12.2. The molecule has 0 saturated carbocycles. The van der Waals surface area contributed by atoms with E-state index in [2.05, 4.69) is 26.2 Å². The molecule has 0 spiro atoms. The number of ketones is 1. The zero-order chi connectivity index (χ0) is 28.9. The average molecular weight is 542 g/mol. The Morgan fingerprint density at radius 1 is 0.872 bits per heavy atom. The lowest BCUT2D eigenvalue weighted by molar-refractivity contribution is -0.142. The third-order valence-corrected chi connectivity index (χ3v) is 7.64. The van der Waals surface area contributed by atoms with Gasteiger partial charge >= 0.3 is 0 Å². The maximum Gasteiger partial charge on any atom is 0.289 e. The van der Waals surface area contributed by atoms with Crippen LogP contribution in [-0.4, -0.2) is 78.1 Å². The van der Waals surface area contributed by atoms with Gasteiger partial charge in [0, 0.05) is 18.2 Å². The highest BCUT2D eigenvalue weighted by molar-refractivity contribution is 6.38. The molecule has 10 nitrogen and oxygen atoms in total. The Morgan fingerprint density at radius 2 is 1.49 bits per heavy atom. The summed E-state index contributed by atoms with van der Waals surface area (Å²) in [6, 6.07) is 5.54. The Balaban J connectivity index is 1.60. The number of amides is 4. The summed E-state index contributed by atoms with van der Waals surface area (Å²) in [7, 11) is 0. The average Bonchev–Trinajstić information content (AvgIpc) is 2.89. The van der Waals surface area contributed by atoms with E-state index in [1.165, 1.54) is 6.92 Å². The number of piperidine rings is 3. The summed E-state index contributed by atoms with van der Waals surface area (Å²) in [6.45, 7) is 13.2. The fourth-order valence-corrected chi connectivity index (χ4v) is 5.16. The van der Waals surface area contributed by atoms with Gasteiger partial charge in [-0.1, -0.05) is 52.8 Å². The molecule has 0 radical (unpaired) electrons. The monoisotopic (exact) mass is 541 g/mol. The van der Waals surface area contributed by atoms with Crippen LogP contribution < -0.4 is 21.3 Å². The standard InChI is InChI=1S/C29H43N5O5/c1-17(2)22(23(35)27(38)31-21-16-34-14-12-19(21)13-15-34)32-25(36)18(3)30-28(39)24(29(4,5)6)33-26(37)20-10-8-7-9-11-20/h7-11,17-19,21-22,24H,12-16H2,1-6H3,(H,30,39)(H,31,38)(H,32,36)(H,33,37)/t18-,21?,22-,24+/m0/s1. The Kier molecular flexibility index (Phi) is 9.88. The number of rotatable bonds is 10. The number of benzene rings is 1. The van der Waals surface area contributed by atoms with Gasteiger partial charge in [0.05, 0.1) is 6.04 Å². The Bertz CT molecular complexity index is 1060. The number of fused-ring (bicyclic) bond motifs is 3. The Hall–Kier alpha value is -3.27. The Labute approximate surface area is 231 Å². The first-order chi connectivity index (χ1) is 18.3. The van der Waals surface area contributed by atoms with Crippen LogP contribution >= 0.6 is 0 Å². The molecule has 1 aromatic carbocycles. The number of carbonyl (C=O) groups is 5. The quantitative estimate of drug-likeness (QED) is 0.329. The molecule has 0 aromatic heterocycles. The summed E-state index contributed by atoms with van der Waals surface area (Å²) in [5.41, 5.74) is -0.228. The van der Waals surface area contributed by atoms with Crippen molar-refractivity contribution in [3.8, 4) is 0 Å². The van der Waals surface area contributed by atoms with E-state index in [0.29, 0.717) is 11.5 Å². The molecule has 3 heterocycles. The fraction of sp³-hybridized carbons (Fsp3) is 0.621. The van der Waals surface area contributed by atoms with E-state index in [4.69, 9.17) is 0 Å². The summed E-state index contributed by atoms with van der Waals surface area (Å²) in [5, 5.41) is 11.0. The molecule has 4 rings (SSSR count). The van der Waals surface area contributed by atoms with E-state index in [1.54, 1.807) is 44.2 Å². The van der Waals surface area contributed by atoms with Gasteiger partial charge in [0.2, 0.25) is 17.6 Å². The van der Waals surface area contributed by atoms with Crippen LogP contribution in [0.5, 0.6) is 0 Å². The molecule has 1 aromatic rings. The van der Waals surface area contributed by atoms with Crippen molar-refractivity contribution in [1.82, 2.24) is 26.2 Å². The number of Topliss-reactive ketones (excluding diaryl/α,β-unsaturated/α-hetero) is 1. The van der Waals surface area contributed by atoms with E-state index in [0.717, 1.165) is 32.5 Å². The molecule has 0 aliphatic carbocycles. The van der Waals surface area contributed by atoms with Crippen LogP contribution in [0.3, 0.4) is 0 Å². The third-order valence-electron chi connectivity index (χ3n) is 7.64. The Morgan fingerprint density at radius 3 is 2.00 bits per heavy atom. The topological polar surface area (TPSA) is 137 Å². The normalized spacial score (nSPS) is 22.8. The van der Waals surface area contributed by atoms with Crippen molar-refractivity contribution in [2.24, 2.45) is 17.3 Å². The van der Waals surface area contributed by atoms with E-state index in [9.17, 15) is 24.0 Å². The minimum absolute atomic E-state index is 0.0638. The molecule has 2 bridgehead atoms. The molecule has 39 heavy (non-hydrogen) atoms. The van der Waals surface area contributed by atoms with Crippen molar-refractivity contribution in [3.05, 3.63) is 35.9 Å². The van der Waals surface area contributed by atoms with Gasteiger partial charge in [0.15, 0.2) is 0 Å². The number of carbonyl (C=O) groups excluding carboxylic acids is 5. The highest BCUT2D eigenvalue weighted by Gasteiger charge is 2.39. The van der Waals surface area contributed by atoms with Crippen LogP contribution in [0.25, 0.3) is 0 Å². The fourth-order valence-electron chi connectivity index (χ4n) is 5.16. The SMILES string of the molecule is CC(C)[C@H](NC(=O)[C@H](C)NC(=O)[C@@H](NC(=O)c1ccccc1)C(C)(C)C)C(=O)C(=O)NC1CN2CCC1CC2. The number of nitrogens with one attached hydrogen (secondary N) is 4. The zero-order valence-corrected chi connectivity index (χ0v) is 23.9. The second-order valence-electron chi connectivity index (χ2n) is 12.2. The van der Waals surface area contributed by atoms with Crippen LogP contribution in [-0.2, 0) is 19.2 Å². The molecule has 3 fully saturated rings. The number of hydrogen-bond acceptors (Lipinski definition) is 6. The van der Waals surface area contributed by atoms with E-state index >= 15 is 0 Å². The largest absolute Gasteiger partial charge is 0.345 e. The van der Waals surface area contributed by atoms with Crippen molar-refractivity contribution in [3.63, 3.8) is 0 Å². The first-order valence-electron chi connectivity index (χ1n) is 13.8. The van der Waals surface area contributed by atoms with Crippen molar-refractivity contribution < 1.29 is 24.0 Å². The molecular formula is C29H43N5O5.